The van der Waals surface area contributed by atoms with Crippen LogP contribution >= 0.6 is 0 Å². The molecule has 53 heavy (non-hydrogen) atoms. The molecule has 0 bridgehead atoms. The minimum absolute atomic E-state index is 0.101. The molecule has 1 fully saturated rings. The van der Waals surface area contributed by atoms with Crippen molar-refractivity contribution >= 4 is 23.4 Å². The highest BCUT2D eigenvalue weighted by Gasteiger charge is 2.30. The van der Waals surface area contributed by atoms with Crippen LogP contribution in [0.15, 0.2) is 72.7 Å². The van der Waals surface area contributed by atoms with Gasteiger partial charge in [-0.1, -0.05) is 45.0 Å². The van der Waals surface area contributed by atoms with Gasteiger partial charge in [0, 0.05) is 42.4 Å². The van der Waals surface area contributed by atoms with Crippen LogP contribution in [0.1, 0.15) is 83.1 Å². The number of carbonyl (C=O) groups is 1. The van der Waals surface area contributed by atoms with Crippen LogP contribution in [0.25, 0.3) is 0 Å². The van der Waals surface area contributed by atoms with Gasteiger partial charge in [0.05, 0.1) is 17.9 Å². The van der Waals surface area contributed by atoms with Gasteiger partial charge in [0.15, 0.2) is 0 Å². The van der Waals surface area contributed by atoms with Crippen LogP contribution in [0.2, 0.25) is 0 Å². The second kappa shape index (κ2) is 17.1. The van der Waals surface area contributed by atoms with E-state index < -0.39 is 17.3 Å². The number of amides is 2. The third kappa shape index (κ3) is 10.2. The molecule has 1 aliphatic heterocycles. The summed E-state index contributed by atoms with van der Waals surface area (Å²) in [7, 11) is 3.88. The Hall–Kier alpha value is -5.17. The van der Waals surface area contributed by atoms with E-state index in [-0.39, 0.29) is 46.9 Å². The number of benzene rings is 2. The van der Waals surface area contributed by atoms with Crippen molar-refractivity contribution in [1.29, 1.82) is 16.2 Å². The lowest BCUT2D eigenvalue weighted by atomic mass is 9.85. The van der Waals surface area contributed by atoms with Gasteiger partial charge in [0.1, 0.15) is 41.3 Å². The molecule has 12 nitrogen and oxygen atoms in total. The zero-order chi connectivity index (χ0) is 38.3. The second-order valence-corrected chi connectivity index (χ2v) is 15.1. The van der Waals surface area contributed by atoms with Crippen LogP contribution < -0.4 is 30.9 Å². The number of piperidine rings is 1. The first kappa shape index (κ1) is 39.0. The summed E-state index contributed by atoms with van der Waals surface area (Å²) in [5.41, 5.74) is 1.87. The number of nitrogens with zero attached hydrogens (tertiary/aromatic N) is 3. The fourth-order valence-electron chi connectivity index (χ4n) is 6.43. The molecule has 284 valence electrons. The summed E-state index contributed by atoms with van der Waals surface area (Å²) in [4.78, 5) is 17.6. The van der Waals surface area contributed by atoms with E-state index in [9.17, 15) is 4.79 Å². The number of likely N-dealkylation sites (N-methyl/N-ethyl adjacent to an activating group) is 1. The molecule has 6 N–H and O–H groups in total. The highest BCUT2D eigenvalue weighted by atomic mass is 19.1. The molecule has 1 aromatic heterocycles. The number of allylic oxidation sites excluding steroid dienone is 1. The summed E-state index contributed by atoms with van der Waals surface area (Å²) in [6.45, 7) is 9.69. The van der Waals surface area contributed by atoms with Crippen LogP contribution in [-0.4, -0.2) is 71.9 Å². The largest absolute Gasteiger partial charge is 0.492 e. The number of hydrogen-bond acceptors (Lipinski definition) is 8. The fraction of sp³-hybridized carbons (Fsp3) is 0.450. The van der Waals surface area contributed by atoms with Crippen molar-refractivity contribution in [3.63, 3.8) is 0 Å². The maximum absolute atomic E-state index is 15.0. The molecule has 2 heterocycles. The predicted molar refractivity (Wildman–Crippen MR) is 206 cm³/mol. The SMILES string of the molecule is C[C@H]1CCCCN1C(=N)n1cc(O[C@@H]2CC[C@H](NC(=O)N/C(=C/C(=N)C(C)(C)C)Nc3cc(OCCN(C)C)ccc3F)c3ccccc32)ccc1=N. The quantitative estimate of drug-likeness (QED) is 0.0926. The standard InChI is InChI=1S/C40H54FN9O3/c1-26-11-9-10-20-49(26)38(44)50-25-28(15-19-36(50)43)53-34-18-17-32(29-12-7-8-13-30(29)34)46-39(51)47-37(24-35(42)40(2,3)4)45-33-23-27(14-16-31(33)41)52-22-21-48(5)6/h7-8,12-16,19,23-26,32,34,42-45H,9-11,17-18,20-22H2,1-6H3,(H2,46,47,51)/b37-24+,42-35?,43-36?,44-38?/t26-,32-,34+/m0/s1. The van der Waals surface area contributed by atoms with E-state index in [1.807, 2.05) is 68.9 Å². The molecule has 2 aliphatic rings. The number of likely N-dealkylation sites (tertiary alicyclic amines) is 1. The zero-order valence-corrected chi connectivity index (χ0v) is 31.7. The highest BCUT2D eigenvalue weighted by Crippen LogP contribution is 2.38. The number of fused-ring (bicyclic) bond motifs is 1. The van der Waals surface area contributed by atoms with Crippen molar-refractivity contribution in [2.75, 3.05) is 39.1 Å². The summed E-state index contributed by atoms with van der Waals surface area (Å²) in [5.74, 6) is 0.916. The van der Waals surface area contributed by atoms with Crippen molar-refractivity contribution in [3.05, 3.63) is 95.1 Å². The molecule has 1 saturated heterocycles. The van der Waals surface area contributed by atoms with Crippen LogP contribution in [0.3, 0.4) is 0 Å². The van der Waals surface area contributed by atoms with Crippen molar-refractivity contribution in [2.45, 2.75) is 78.0 Å². The van der Waals surface area contributed by atoms with Gasteiger partial charge in [-0.2, -0.15) is 0 Å². The van der Waals surface area contributed by atoms with Gasteiger partial charge in [-0.25, -0.2) is 9.18 Å². The number of anilines is 1. The van der Waals surface area contributed by atoms with Gasteiger partial charge in [0.25, 0.3) is 0 Å². The number of aromatic nitrogens is 1. The predicted octanol–water partition coefficient (Wildman–Crippen LogP) is 6.98. The Balaban J connectivity index is 1.30. The van der Waals surface area contributed by atoms with Crippen molar-refractivity contribution in [2.24, 2.45) is 5.41 Å². The summed E-state index contributed by atoms with van der Waals surface area (Å²) in [6.07, 6.45) is 7.28. The molecule has 3 atom stereocenters. The lowest BCUT2D eigenvalue weighted by Gasteiger charge is -2.36. The van der Waals surface area contributed by atoms with Crippen molar-refractivity contribution < 1.29 is 18.7 Å². The second-order valence-electron chi connectivity index (χ2n) is 15.1. The Morgan fingerprint density at radius 2 is 1.75 bits per heavy atom. The lowest BCUT2D eigenvalue weighted by molar-refractivity contribution is 0.170. The third-order valence-electron chi connectivity index (χ3n) is 9.60. The normalized spacial score (nSPS) is 18.9. The number of carbonyl (C=O) groups excluding carboxylic acids is 1. The Labute approximate surface area is 311 Å². The van der Waals surface area contributed by atoms with Crippen molar-refractivity contribution in [3.8, 4) is 11.5 Å². The first-order valence-electron chi connectivity index (χ1n) is 18.3. The molecule has 2 amide bonds. The molecule has 2 aromatic carbocycles. The highest BCUT2D eigenvalue weighted by molar-refractivity contribution is 5.97. The van der Waals surface area contributed by atoms with Gasteiger partial charge in [-0.05, 0) is 88.5 Å². The molecule has 1 aliphatic carbocycles. The van der Waals surface area contributed by atoms with E-state index >= 15 is 4.39 Å². The molecular weight excluding hydrogens is 673 g/mol. The first-order chi connectivity index (χ1) is 25.2. The molecule has 0 saturated carbocycles. The summed E-state index contributed by atoms with van der Waals surface area (Å²) in [6, 6.07) is 15.0. The van der Waals surface area contributed by atoms with Crippen molar-refractivity contribution in [1.82, 2.24) is 25.0 Å². The van der Waals surface area contributed by atoms with Gasteiger partial charge >= 0.3 is 6.03 Å². The number of pyridine rings is 1. The Morgan fingerprint density at radius 3 is 2.47 bits per heavy atom. The zero-order valence-electron chi connectivity index (χ0n) is 31.7. The summed E-state index contributed by atoms with van der Waals surface area (Å²) in [5, 5.41) is 34.9. The first-order valence-corrected chi connectivity index (χ1v) is 18.3. The average molecular weight is 728 g/mol. The Bertz CT molecular complexity index is 1880. The Morgan fingerprint density at radius 1 is 1.02 bits per heavy atom. The molecule has 3 aromatic rings. The Kier molecular flexibility index (Phi) is 12.6. The number of halogens is 1. The average Bonchev–Trinajstić information content (AvgIpc) is 3.10. The number of nitrogens with one attached hydrogen (secondary N) is 6. The molecule has 5 rings (SSSR count). The van der Waals surface area contributed by atoms with Crippen LogP contribution in [0.5, 0.6) is 11.5 Å². The maximum atomic E-state index is 15.0. The minimum atomic E-state index is -0.534. The number of hydrogen-bond donors (Lipinski definition) is 6. The molecule has 0 radical (unpaired) electrons. The van der Waals surface area contributed by atoms with E-state index in [4.69, 9.17) is 25.7 Å². The summed E-state index contributed by atoms with van der Waals surface area (Å²) < 4.78 is 28.9. The van der Waals surface area contributed by atoms with E-state index in [0.717, 1.165) is 36.9 Å². The number of ether oxygens (including phenoxy) is 2. The van der Waals surface area contributed by atoms with E-state index in [2.05, 4.69) is 22.9 Å². The molecule has 0 unspecified atom stereocenters. The number of urea groups is 1. The molecule has 13 heteroatoms. The lowest BCUT2D eigenvalue weighted by Crippen LogP contribution is -2.47. The van der Waals surface area contributed by atoms with Gasteiger partial charge in [-0.15, -0.1) is 0 Å². The van der Waals surface area contributed by atoms with Gasteiger partial charge < -0.3 is 35.3 Å². The van der Waals surface area contributed by atoms with E-state index in [0.29, 0.717) is 37.5 Å². The van der Waals surface area contributed by atoms with Crippen LogP contribution in [-0.2, 0) is 0 Å². The summed E-state index contributed by atoms with van der Waals surface area (Å²) >= 11 is 0. The monoisotopic (exact) mass is 727 g/mol. The molecule has 0 spiro atoms. The van der Waals surface area contributed by atoms with E-state index in [1.165, 1.54) is 18.2 Å². The molecular formula is C40H54FN9O3. The van der Waals surface area contributed by atoms with Gasteiger partial charge in [0.2, 0.25) is 5.96 Å². The minimum Gasteiger partial charge on any atom is -0.492 e. The van der Waals surface area contributed by atoms with Crippen LogP contribution in [0, 0.1) is 27.5 Å². The van der Waals surface area contributed by atoms with Crippen LogP contribution in [0.4, 0.5) is 14.9 Å². The van der Waals surface area contributed by atoms with Gasteiger partial charge in [-0.3, -0.25) is 20.7 Å². The van der Waals surface area contributed by atoms with E-state index in [1.54, 1.807) is 29.0 Å². The fourth-order valence-corrected chi connectivity index (χ4v) is 6.43. The third-order valence-corrected chi connectivity index (χ3v) is 9.60. The maximum Gasteiger partial charge on any atom is 0.320 e. The smallest absolute Gasteiger partial charge is 0.320 e. The number of rotatable bonds is 11. The topological polar surface area (TPSA) is 155 Å².